The quantitative estimate of drug-likeness (QED) is 0.545. The zero-order valence-electron chi connectivity index (χ0n) is 17.9. The van der Waals surface area contributed by atoms with Gasteiger partial charge in [0.1, 0.15) is 11.5 Å². The van der Waals surface area contributed by atoms with E-state index < -0.39 is 22.0 Å². The molecule has 33 heavy (non-hydrogen) atoms. The van der Waals surface area contributed by atoms with Crippen LogP contribution >= 0.6 is 11.6 Å². The number of fused-ring (bicyclic) bond motifs is 1. The smallest absolute Gasteiger partial charge is 0.264 e. The number of hydrogen-bond donors (Lipinski definition) is 1. The first-order valence-electron chi connectivity index (χ1n) is 10.4. The summed E-state index contributed by atoms with van der Waals surface area (Å²) in [4.78, 5) is 13.0. The number of hydrogen-bond acceptors (Lipinski definition) is 5. The van der Waals surface area contributed by atoms with Gasteiger partial charge in [-0.25, -0.2) is 8.42 Å². The monoisotopic (exact) mass is 486 g/mol. The summed E-state index contributed by atoms with van der Waals surface area (Å²) in [5.74, 6) is 0.620. The fraction of sp³-hybridized carbons (Fsp3) is 0.208. The Labute approximate surface area is 197 Å². The summed E-state index contributed by atoms with van der Waals surface area (Å²) in [7, 11) is -3.94. The van der Waals surface area contributed by atoms with Crippen LogP contribution in [0.15, 0.2) is 77.7 Å². The number of carbonyl (C=O) groups excluding carboxylic acids is 1. The SMILES string of the molecule is CCOc1cccc(CNC(=O)C2CN(S(=O)(=O)c3ccc(Cl)cc3)c3ccccc3O2)c1. The topological polar surface area (TPSA) is 84.9 Å². The summed E-state index contributed by atoms with van der Waals surface area (Å²) in [6.45, 7) is 2.54. The summed E-state index contributed by atoms with van der Waals surface area (Å²) >= 11 is 5.92. The van der Waals surface area contributed by atoms with Gasteiger partial charge in [0.05, 0.1) is 23.7 Å². The van der Waals surface area contributed by atoms with E-state index in [4.69, 9.17) is 21.1 Å². The van der Waals surface area contributed by atoms with Gasteiger partial charge in [0, 0.05) is 11.6 Å². The van der Waals surface area contributed by atoms with Gasteiger partial charge in [0.2, 0.25) is 0 Å². The summed E-state index contributed by atoms with van der Waals surface area (Å²) in [5.41, 5.74) is 1.23. The van der Waals surface area contributed by atoms with Gasteiger partial charge in [0.25, 0.3) is 15.9 Å². The van der Waals surface area contributed by atoms with Crippen LogP contribution in [0.5, 0.6) is 11.5 Å². The number of benzene rings is 3. The molecule has 4 rings (SSSR count). The van der Waals surface area contributed by atoms with Gasteiger partial charge < -0.3 is 14.8 Å². The van der Waals surface area contributed by atoms with E-state index in [0.717, 1.165) is 5.56 Å². The highest BCUT2D eigenvalue weighted by molar-refractivity contribution is 7.92. The molecule has 0 radical (unpaired) electrons. The van der Waals surface area contributed by atoms with Crippen molar-refractivity contribution in [2.24, 2.45) is 0 Å². The van der Waals surface area contributed by atoms with E-state index in [0.29, 0.717) is 28.8 Å². The molecular formula is C24H23ClN2O5S. The predicted octanol–water partition coefficient (Wildman–Crippen LogP) is 4.01. The number of amides is 1. The molecule has 0 saturated heterocycles. The normalized spacial score (nSPS) is 15.3. The lowest BCUT2D eigenvalue weighted by atomic mass is 10.2. The maximum atomic E-state index is 13.4. The molecule has 0 aliphatic carbocycles. The molecule has 0 saturated carbocycles. The predicted molar refractivity (Wildman–Crippen MR) is 126 cm³/mol. The second kappa shape index (κ2) is 9.72. The van der Waals surface area contributed by atoms with Crippen molar-refractivity contribution in [2.45, 2.75) is 24.5 Å². The molecule has 0 spiro atoms. The Morgan fingerprint density at radius 2 is 1.88 bits per heavy atom. The highest BCUT2D eigenvalue weighted by Crippen LogP contribution is 2.37. The Bertz CT molecular complexity index is 1250. The minimum atomic E-state index is -3.94. The van der Waals surface area contributed by atoms with E-state index in [1.165, 1.54) is 28.6 Å². The Balaban J connectivity index is 1.55. The van der Waals surface area contributed by atoms with E-state index in [1.807, 2.05) is 31.2 Å². The number of carbonyl (C=O) groups is 1. The zero-order chi connectivity index (χ0) is 23.4. The molecule has 7 nitrogen and oxygen atoms in total. The summed E-state index contributed by atoms with van der Waals surface area (Å²) in [6, 6.07) is 20.1. The van der Waals surface area contributed by atoms with Crippen molar-refractivity contribution >= 4 is 33.2 Å². The number of sulfonamides is 1. The lowest BCUT2D eigenvalue weighted by molar-refractivity contribution is -0.127. The van der Waals surface area contributed by atoms with Crippen LogP contribution in [-0.2, 0) is 21.4 Å². The van der Waals surface area contributed by atoms with Crippen molar-refractivity contribution in [3.8, 4) is 11.5 Å². The Hall–Kier alpha value is -3.23. The third kappa shape index (κ3) is 5.07. The Kier molecular flexibility index (Phi) is 6.76. The Morgan fingerprint density at radius 1 is 1.12 bits per heavy atom. The second-order valence-corrected chi connectivity index (χ2v) is 9.66. The maximum absolute atomic E-state index is 13.4. The third-order valence-electron chi connectivity index (χ3n) is 5.11. The van der Waals surface area contributed by atoms with Gasteiger partial charge in [-0.15, -0.1) is 0 Å². The van der Waals surface area contributed by atoms with E-state index in [2.05, 4.69) is 5.32 Å². The molecule has 0 aromatic heterocycles. The average Bonchev–Trinajstić information content (AvgIpc) is 2.82. The number of ether oxygens (including phenoxy) is 2. The molecule has 1 unspecified atom stereocenters. The van der Waals surface area contributed by atoms with Crippen LogP contribution in [0.3, 0.4) is 0 Å². The van der Waals surface area contributed by atoms with Gasteiger partial charge in [0.15, 0.2) is 6.10 Å². The van der Waals surface area contributed by atoms with Crippen LogP contribution in [0.2, 0.25) is 5.02 Å². The van der Waals surface area contributed by atoms with Crippen LogP contribution < -0.4 is 19.1 Å². The van der Waals surface area contributed by atoms with Gasteiger partial charge in [-0.1, -0.05) is 35.9 Å². The number of para-hydroxylation sites is 2. The van der Waals surface area contributed by atoms with E-state index >= 15 is 0 Å². The molecule has 9 heteroatoms. The standard InChI is InChI=1S/C24H23ClN2O5S/c1-2-31-19-7-5-6-17(14-19)15-26-24(28)23-16-27(21-8-3-4-9-22(21)32-23)33(29,30)20-12-10-18(25)11-13-20/h3-14,23H,2,15-16H2,1H3,(H,26,28). The van der Waals surface area contributed by atoms with Crippen LogP contribution in [0, 0.1) is 0 Å². The molecule has 1 heterocycles. The van der Waals surface area contributed by atoms with Crippen LogP contribution in [0.25, 0.3) is 0 Å². The number of nitrogens with one attached hydrogen (secondary N) is 1. The number of nitrogens with zero attached hydrogens (tertiary/aromatic N) is 1. The van der Waals surface area contributed by atoms with Gasteiger partial charge in [-0.3, -0.25) is 9.10 Å². The van der Waals surface area contributed by atoms with Crippen molar-refractivity contribution in [2.75, 3.05) is 17.5 Å². The van der Waals surface area contributed by atoms with Crippen molar-refractivity contribution in [3.05, 3.63) is 83.4 Å². The van der Waals surface area contributed by atoms with Crippen molar-refractivity contribution in [3.63, 3.8) is 0 Å². The minimum Gasteiger partial charge on any atom is -0.494 e. The first-order chi connectivity index (χ1) is 15.9. The number of halogens is 1. The molecule has 0 bridgehead atoms. The zero-order valence-corrected chi connectivity index (χ0v) is 19.5. The molecule has 3 aromatic rings. The van der Waals surface area contributed by atoms with Gasteiger partial charge in [-0.05, 0) is 61.0 Å². The molecule has 0 fully saturated rings. The highest BCUT2D eigenvalue weighted by atomic mass is 35.5. The van der Waals surface area contributed by atoms with Gasteiger partial charge in [-0.2, -0.15) is 0 Å². The van der Waals surface area contributed by atoms with E-state index in [9.17, 15) is 13.2 Å². The highest BCUT2D eigenvalue weighted by Gasteiger charge is 2.37. The molecule has 1 atom stereocenters. The lowest BCUT2D eigenvalue weighted by Crippen LogP contribution is -2.50. The summed E-state index contributed by atoms with van der Waals surface area (Å²) in [6.07, 6.45) is -1.02. The largest absolute Gasteiger partial charge is 0.494 e. The lowest BCUT2D eigenvalue weighted by Gasteiger charge is -2.34. The molecule has 3 aromatic carbocycles. The minimum absolute atomic E-state index is 0.0792. The molecular weight excluding hydrogens is 464 g/mol. The number of anilines is 1. The van der Waals surface area contributed by atoms with E-state index in [1.54, 1.807) is 24.3 Å². The second-order valence-electron chi connectivity index (χ2n) is 7.36. The number of rotatable bonds is 7. The van der Waals surface area contributed by atoms with Crippen LogP contribution in [0.1, 0.15) is 12.5 Å². The van der Waals surface area contributed by atoms with Crippen molar-refractivity contribution in [1.82, 2.24) is 5.32 Å². The molecule has 1 N–H and O–H groups in total. The molecule has 1 aliphatic rings. The van der Waals surface area contributed by atoms with Crippen molar-refractivity contribution in [1.29, 1.82) is 0 Å². The fourth-order valence-electron chi connectivity index (χ4n) is 3.52. The first kappa shape index (κ1) is 22.9. The van der Waals surface area contributed by atoms with E-state index in [-0.39, 0.29) is 18.0 Å². The first-order valence-corrected chi connectivity index (χ1v) is 12.2. The maximum Gasteiger partial charge on any atom is 0.264 e. The molecule has 172 valence electrons. The fourth-order valence-corrected chi connectivity index (χ4v) is 5.12. The summed E-state index contributed by atoms with van der Waals surface area (Å²) < 4.78 is 39.3. The van der Waals surface area contributed by atoms with Crippen LogP contribution in [-0.4, -0.2) is 33.6 Å². The van der Waals surface area contributed by atoms with Gasteiger partial charge >= 0.3 is 0 Å². The van der Waals surface area contributed by atoms with Crippen molar-refractivity contribution < 1.29 is 22.7 Å². The summed E-state index contributed by atoms with van der Waals surface area (Å²) in [5, 5.41) is 3.26. The Morgan fingerprint density at radius 3 is 2.64 bits per heavy atom. The van der Waals surface area contributed by atoms with Crippen LogP contribution in [0.4, 0.5) is 5.69 Å². The third-order valence-corrected chi connectivity index (χ3v) is 7.15. The molecule has 1 amide bonds. The molecule has 1 aliphatic heterocycles. The average molecular weight is 487 g/mol.